The molecule has 0 fully saturated rings. The van der Waals surface area contributed by atoms with Gasteiger partial charge in [-0.2, -0.15) is 0 Å². The van der Waals surface area contributed by atoms with Crippen molar-refractivity contribution in [3.05, 3.63) is 12.2 Å². The van der Waals surface area contributed by atoms with E-state index in [9.17, 15) is 4.79 Å². The molecule has 0 rings (SSSR count). The Morgan fingerprint density at radius 1 is 1.78 bits per heavy atom. The van der Waals surface area contributed by atoms with Gasteiger partial charge in [-0.15, -0.1) is 12.6 Å². The van der Waals surface area contributed by atoms with E-state index in [-0.39, 0.29) is 5.44 Å². The van der Waals surface area contributed by atoms with Gasteiger partial charge in [0.2, 0.25) is 0 Å². The van der Waals surface area contributed by atoms with Crippen molar-refractivity contribution < 1.29 is 9.53 Å². The van der Waals surface area contributed by atoms with Gasteiger partial charge in [0.05, 0.1) is 0 Å². The van der Waals surface area contributed by atoms with E-state index in [1.54, 1.807) is 13.8 Å². The molecule has 0 aliphatic heterocycles. The fraction of sp³-hybridized carbons (Fsp3) is 0.500. The number of carbonyl (C=O) groups is 1. The Morgan fingerprint density at radius 3 is 2.33 bits per heavy atom. The lowest BCUT2D eigenvalue weighted by Crippen LogP contribution is -2.09. The number of hydrogen-bond donors (Lipinski definition) is 1. The van der Waals surface area contributed by atoms with Gasteiger partial charge < -0.3 is 4.74 Å². The van der Waals surface area contributed by atoms with Gasteiger partial charge in [-0.3, -0.25) is 0 Å². The first kappa shape index (κ1) is 8.56. The number of thiol groups is 1. The van der Waals surface area contributed by atoms with Crippen molar-refractivity contribution in [2.75, 3.05) is 0 Å². The predicted octanol–water partition coefficient (Wildman–Crippen LogP) is 1.38. The Morgan fingerprint density at radius 2 is 2.22 bits per heavy atom. The normalized spacial score (nSPS) is 12.3. The van der Waals surface area contributed by atoms with Crippen molar-refractivity contribution in [2.45, 2.75) is 19.3 Å². The van der Waals surface area contributed by atoms with Gasteiger partial charge in [-0.05, 0) is 13.8 Å². The Balaban J connectivity index is 3.65. The van der Waals surface area contributed by atoms with E-state index in [1.807, 2.05) is 0 Å². The monoisotopic (exact) mass is 146 g/mol. The van der Waals surface area contributed by atoms with Crippen LogP contribution in [0.2, 0.25) is 0 Å². The highest BCUT2D eigenvalue weighted by Crippen LogP contribution is 1.99. The SMILES string of the molecule is C=C(C)C(=O)OC(C)S. The molecule has 0 saturated heterocycles. The third-order valence-corrected chi connectivity index (χ3v) is 0.731. The molecular weight excluding hydrogens is 136 g/mol. The van der Waals surface area contributed by atoms with Gasteiger partial charge in [0.15, 0.2) is 0 Å². The van der Waals surface area contributed by atoms with Crippen molar-refractivity contribution >= 4 is 18.6 Å². The topological polar surface area (TPSA) is 26.3 Å². The van der Waals surface area contributed by atoms with E-state index < -0.39 is 5.97 Å². The average molecular weight is 146 g/mol. The summed E-state index contributed by atoms with van der Waals surface area (Å²) in [7, 11) is 0. The maximum absolute atomic E-state index is 10.6. The lowest BCUT2D eigenvalue weighted by Gasteiger charge is -2.04. The first-order valence-corrected chi connectivity index (χ1v) is 3.10. The van der Waals surface area contributed by atoms with Crippen LogP contribution in [0.1, 0.15) is 13.8 Å². The number of hydrogen-bond acceptors (Lipinski definition) is 3. The molecule has 0 N–H and O–H groups in total. The molecule has 9 heavy (non-hydrogen) atoms. The molecule has 0 heterocycles. The van der Waals surface area contributed by atoms with Gasteiger partial charge in [0.1, 0.15) is 5.44 Å². The standard InChI is InChI=1S/C6H10O2S/c1-4(2)6(7)8-5(3)9/h5,9H,1H2,2-3H3. The van der Waals surface area contributed by atoms with E-state index in [0.717, 1.165) is 0 Å². The molecule has 0 aliphatic rings. The van der Waals surface area contributed by atoms with Crippen LogP contribution in [0.4, 0.5) is 0 Å². The predicted molar refractivity (Wildman–Crippen MR) is 39.4 cm³/mol. The number of carbonyl (C=O) groups excluding carboxylic acids is 1. The molecular formula is C6H10O2S. The Kier molecular flexibility index (Phi) is 3.39. The van der Waals surface area contributed by atoms with Crippen LogP contribution >= 0.6 is 12.6 Å². The largest absolute Gasteiger partial charge is 0.449 e. The fourth-order valence-corrected chi connectivity index (χ4v) is 0.351. The maximum atomic E-state index is 10.6. The van der Waals surface area contributed by atoms with Crippen molar-refractivity contribution in [2.24, 2.45) is 0 Å². The van der Waals surface area contributed by atoms with Crippen LogP contribution in [0, 0.1) is 0 Å². The van der Waals surface area contributed by atoms with E-state index in [0.29, 0.717) is 5.57 Å². The molecule has 0 radical (unpaired) electrons. The molecule has 0 aliphatic carbocycles. The lowest BCUT2D eigenvalue weighted by atomic mass is 10.4. The highest BCUT2D eigenvalue weighted by Gasteiger charge is 2.04. The smallest absolute Gasteiger partial charge is 0.334 e. The second kappa shape index (κ2) is 3.56. The molecule has 0 aromatic heterocycles. The summed E-state index contributed by atoms with van der Waals surface area (Å²) >= 11 is 3.85. The molecule has 0 aromatic carbocycles. The first-order valence-electron chi connectivity index (χ1n) is 2.58. The van der Waals surface area contributed by atoms with Crippen LogP contribution in [0.15, 0.2) is 12.2 Å². The summed E-state index contributed by atoms with van der Waals surface area (Å²) in [5.74, 6) is -0.391. The molecule has 0 spiro atoms. The summed E-state index contributed by atoms with van der Waals surface area (Å²) in [4.78, 5) is 10.6. The van der Waals surface area contributed by atoms with E-state index in [2.05, 4.69) is 23.9 Å². The van der Waals surface area contributed by atoms with Crippen LogP contribution in [0.25, 0.3) is 0 Å². The third kappa shape index (κ3) is 4.09. The minimum absolute atomic E-state index is 0.353. The molecule has 52 valence electrons. The third-order valence-electron chi connectivity index (χ3n) is 0.626. The number of rotatable bonds is 2. The summed E-state index contributed by atoms with van der Waals surface area (Å²) in [5.41, 5.74) is 0.0464. The van der Waals surface area contributed by atoms with E-state index in [4.69, 9.17) is 0 Å². The summed E-state index contributed by atoms with van der Waals surface area (Å²) in [6.07, 6.45) is 0. The van der Waals surface area contributed by atoms with E-state index in [1.165, 1.54) is 0 Å². The zero-order valence-electron chi connectivity index (χ0n) is 5.55. The zero-order chi connectivity index (χ0) is 7.44. The second-order valence-electron chi connectivity index (χ2n) is 1.78. The van der Waals surface area contributed by atoms with Crippen molar-refractivity contribution in [3.8, 4) is 0 Å². The van der Waals surface area contributed by atoms with Gasteiger partial charge in [-0.25, -0.2) is 4.79 Å². The van der Waals surface area contributed by atoms with Gasteiger partial charge in [0, 0.05) is 5.57 Å². The molecule has 3 heteroatoms. The molecule has 1 atom stereocenters. The molecule has 0 bridgehead atoms. The van der Waals surface area contributed by atoms with Crippen LogP contribution in [0.3, 0.4) is 0 Å². The van der Waals surface area contributed by atoms with Crippen LogP contribution < -0.4 is 0 Å². The van der Waals surface area contributed by atoms with Crippen molar-refractivity contribution in [3.63, 3.8) is 0 Å². The summed E-state index contributed by atoms with van der Waals surface area (Å²) in [6.45, 7) is 6.67. The molecule has 0 aromatic rings. The van der Waals surface area contributed by atoms with Crippen molar-refractivity contribution in [1.29, 1.82) is 0 Å². The highest BCUT2D eigenvalue weighted by molar-refractivity contribution is 7.80. The van der Waals surface area contributed by atoms with E-state index >= 15 is 0 Å². The fourth-order valence-electron chi connectivity index (χ4n) is 0.255. The molecule has 1 unspecified atom stereocenters. The summed E-state index contributed by atoms with van der Waals surface area (Å²) in [6, 6.07) is 0. The Bertz CT molecular complexity index is 129. The summed E-state index contributed by atoms with van der Waals surface area (Å²) < 4.78 is 4.64. The van der Waals surface area contributed by atoms with Crippen molar-refractivity contribution in [1.82, 2.24) is 0 Å². The minimum atomic E-state index is -0.391. The Hall–Kier alpha value is -0.440. The minimum Gasteiger partial charge on any atom is -0.449 e. The molecule has 0 amide bonds. The van der Waals surface area contributed by atoms with Gasteiger partial charge in [0.25, 0.3) is 0 Å². The quantitative estimate of drug-likeness (QED) is 0.276. The second-order valence-corrected chi connectivity index (χ2v) is 2.51. The number of ether oxygens (including phenoxy) is 1. The maximum Gasteiger partial charge on any atom is 0.334 e. The van der Waals surface area contributed by atoms with Crippen LogP contribution in [-0.4, -0.2) is 11.4 Å². The molecule has 2 nitrogen and oxygen atoms in total. The number of esters is 1. The van der Waals surface area contributed by atoms with Gasteiger partial charge >= 0.3 is 5.97 Å². The highest BCUT2D eigenvalue weighted by atomic mass is 32.1. The summed E-state index contributed by atoms with van der Waals surface area (Å²) in [5, 5.41) is 0. The molecule has 0 saturated carbocycles. The van der Waals surface area contributed by atoms with Crippen LogP contribution in [0.5, 0.6) is 0 Å². The van der Waals surface area contributed by atoms with Crippen LogP contribution in [-0.2, 0) is 9.53 Å². The average Bonchev–Trinajstić information content (AvgIpc) is 1.63. The zero-order valence-corrected chi connectivity index (χ0v) is 6.44. The van der Waals surface area contributed by atoms with Gasteiger partial charge in [-0.1, -0.05) is 6.58 Å². The first-order chi connectivity index (χ1) is 4.04. The lowest BCUT2D eigenvalue weighted by molar-refractivity contribution is -0.139. The Labute approximate surface area is 60.3 Å².